The lowest BCUT2D eigenvalue weighted by atomic mass is 10.1. The minimum Gasteiger partial charge on any atom is -0.309 e. The Hall–Kier alpha value is -0.640. The van der Waals surface area contributed by atoms with Crippen LogP contribution in [0, 0.1) is 6.92 Å². The zero-order valence-electron chi connectivity index (χ0n) is 13.1. The van der Waals surface area contributed by atoms with Crippen LogP contribution in [-0.2, 0) is 0 Å². The first kappa shape index (κ1) is 16.7. The lowest BCUT2D eigenvalue weighted by Gasteiger charge is -2.16. The van der Waals surface area contributed by atoms with Crippen LogP contribution in [0.5, 0.6) is 0 Å². The smallest absolute Gasteiger partial charge is 0.0414 e. The lowest BCUT2D eigenvalue weighted by Crippen LogP contribution is -2.21. The van der Waals surface area contributed by atoms with Gasteiger partial charge in [0, 0.05) is 20.3 Å². The van der Waals surface area contributed by atoms with E-state index in [4.69, 9.17) is 0 Å². The van der Waals surface area contributed by atoms with E-state index in [-0.39, 0.29) is 0 Å². The van der Waals surface area contributed by atoms with Crippen LogP contribution in [0.25, 0.3) is 10.4 Å². The predicted octanol–water partition coefficient (Wildman–Crippen LogP) is 6.33. The maximum atomic E-state index is 3.68. The highest BCUT2D eigenvalue weighted by atomic mass is 79.9. The van der Waals surface area contributed by atoms with Gasteiger partial charge < -0.3 is 5.32 Å². The van der Waals surface area contributed by atoms with Crippen molar-refractivity contribution in [1.82, 2.24) is 5.32 Å². The molecule has 2 aromatic rings. The summed E-state index contributed by atoms with van der Waals surface area (Å²) in [6.07, 6.45) is 3.60. The predicted molar refractivity (Wildman–Crippen MR) is 98.1 cm³/mol. The zero-order valence-corrected chi connectivity index (χ0v) is 15.5. The molecule has 0 aliphatic rings. The summed E-state index contributed by atoms with van der Waals surface area (Å²) in [6.45, 7) is 7.71. The van der Waals surface area contributed by atoms with Gasteiger partial charge >= 0.3 is 0 Å². The van der Waals surface area contributed by atoms with Gasteiger partial charge in [0.05, 0.1) is 0 Å². The molecule has 1 aromatic carbocycles. The van der Waals surface area contributed by atoms with Crippen LogP contribution in [0.1, 0.15) is 49.6 Å². The minimum atomic E-state index is 0.502. The van der Waals surface area contributed by atoms with E-state index in [1.807, 2.05) is 11.3 Å². The van der Waals surface area contributed by atoms with E-state index in [0.717, 1.165) is 11.0 Å². The summed E-state index contributed by atoms with van der Waals surface area (Å²) in [7, 11) is 0. The first-order valence-electron chi connectivity index (χ1n) is 7.74. The fraction of sp³-hybridized carbons (Fsp3) is 0.444. The van der Waals surface area contributed by atoms with Crippen molar-refractivity contribution in [3.63, 3.8) is 0 Å². The molecular formula is C18H24BrNS. The number of thiophene rings is 1. The molecule has 2 rings (SSSR count). The molecular weight excluding hydrogens is 342 g/mol. The zero-order chi connectivity index (χ0) is 15.2. The van der Waals surface area contributed by atoms with Gasteiger partial charge in [0.1, 0.15) is 0 Å². The third-order valence-corrected chi connectivity index (χ3v) is 5.22. The number of rotatable bonds is 7. The molecule has 0 amide bonds. The largest absolute Gasteiger partial charge is 0.309 e. The Kier molecular flexibility index (Phi) is 6.46. The summed E-state index contributed by atoms with van der Waals surface area (Å²) >= 11 is 5.52. The molecule has 1 nitrogen and oxygen atoms in total. The molecule has 1 aromatic heterocycles. The van der Waals surface area contributed by atoms with Gasteiger partial charge in [-0.1, -0.05) is 42.3 Å². The molecule has 1 atom stereocenters. The monoisotopic (exact) mass is 365 g/mol. The van der Waals surface area contributed by atoms with Crippen LogP contribution in [-0.4, -0.2) is 6.54 Å². The summed E-state index contributed by atoms with van der Waals surface area (Å²) in [6, 6.07) is 11.7. The first-order valence-corrected chi connectivity index (χ1v) is 9.35. The Bertz CT molecular complexity index is 556. The molecule has 1 N–H and O–H groups in total. The topological polar surface area (TPSA) is 12.0 Å². The van der Waals surface area contributed by atoms with Gasteiger partial charge in [0.25, 0.3) is 0 Å². The molecule has 0 aliphatic carbocycles. The van der Waals surface area contributed by atoms with Crippen molar-refractivity contribution in [2.45, 2.75) is 46.1 Å². The first-order chi connectivity index (χ1) is 10.1. The molecule has 3 heteroatoms. The van der Waals surface area contributed by atoms with Crippen molar-refractivity contribution in [2.75, 3.05) is 6.54 Å². The maximum Gasteiger partial charge on any atom is 0.0414 e. The number of halogens is 1. The molecule has 0 saturated heterocycles. The lowest BCUT2D eigenvalue weighted by molar-refractivity contribution is 0.501. The van der Waals surface area contributed by atoms with Gasteiger partial charge in [-0.15, -0.1) is 11.3 Å². The highest BCUT2D eigenvalue weighted by molar-refractivity contribution is 9.10. The standard InChI is InChI=1S/C18H24BrNS/c1-4-6-16(20-9-5-2)18-8-7-17(21-18)14-10-13(3)11-15(19)12-14/h7-8,10-12,16,20H,4-6,9H2,1-3H3. The van der Waals surface area contributed by atoms with Crippen molar-refractivity contribution in [1.29, 1.82) is 0 Å². The molecule has 0 fully saturated rings. The Morgan fingerprint density at radius 1 is 1.14 bits per heavy atom. The van der Waals surface area contributed by atoms with Crippen LogP contribution in [0.3, 0.4) is 0 Å². The summed E-state index contributed by atoms with van der Waals surface area (Å²) in [4.78, 5) is 2.81. The molecule has 0 saturated carbocycles. The number of benzene rings is 1. The quantitative estimate of drug-likeness (QED) is 0.604. The van der Waals surface area contributed by atoms with Gasteiger partial charge in [-0.2, -0.15) is 0 Å². The van der Waals surface area contributed by atoms with E-state index in [9.17, 15) is 0 Å². The van der Waals surface area contributed by atoms with Crippen LogP contribution >= 0.6 is 27.3 Å². The molecule has 0 bridgehead atoms. The molecule has 21 heavy (non-hydrogen) atoms. The molecule has 1 heterocycles. The molecule has 0 spiro atoms. The summed E-state index contributed by atoms with van der Waals surface area (Å²) < 4.78 is 1.15. The highest BCUT2D eigenvalue weighted by Crippen LogP contribution is 2.34. The van der Waals surface area contributed by atoms with Crippen LogP contribution in [0.15, 0.2) is 34.8 Å². The number of aryl methyl sites for hydroxylation is 1. The summed E-state index contributed by atoms with van der Waals surface area (Å²) in [5.74, 6) is 0. The third kappa shape index (κ3) is 4.67. The van der Waals surface area contributed by atoms with E-state index >= 15 is 0 Å². The summed E-state index contributed by atoms with van der Waals surface area (Å²) in [5.41, 5.74) is 2.60. The van der Waals surface area contributed by atoms with Crippen molar-refractivity contribution in [3.05, 3.63) is 45.2 Å². The average molecular weight is 366 g/mol. The van der Waals surface area contributed by atoms with Crippen molar-refractivity contribution in [3.8, 4) is 10.4 Å². The Morgan fingerprint density at radius 3 is 2.62 bits per heavy atom. The van der Waals surface area contributed by atoms with Crippen molar-refractivity contribution < 1.29 is 0 Å². The number of hydrogen-bond donors (Lipinski definition) is 1. The van der Waals surface area contributed by atoms with E-state index in [2.05, 4.69) is 72.3 Å². The van der Waals surface area contributed by atoms with Crippen molar-refractivity contribution >= 4 is 27.3 Å². The van der Waals surface area contributed by atoms with E-state index < -0.39 is 0 Å². The van der Waals surface area contributed by atoms with Crippen LogP contribution in [0.2, 0.25) is 0 Å². The summed E-state index contributed by atoms with van der Waals surface area (Å²) in [5, 5.41) is 3.68. The second-order valence-corrected chi connectivity index (χ2v) is 7.55. The molecule has 0 aliphatic heterocycles. The van der Waals surface area contributed by atoms with E-state index in [1.54, 1.807) is 0 Å². The van der Waals surface area contributed by atoms with Crippen LogP contribution in [0.4, 0.5) is 0 Å². The second-order valence-electron chi connectivity index (χ2n) is 5.51. The van der Waals surface area contributed by atoms with Gasteiger partial charge in [-0.25, -0.2) is 0 Å². The molecule has 0 radical (unpaired) electrons. The number of hydrogen-bond acceptors (Lipinski definition) is 2. The molecule has 1 unspecified atom stereocenters. The van der Waals surface area contributed by atoms with Crippen LogP contribution < -0.4 is 5.32 Å². The van der Waals surface area contributed by atoms with Gasteiger partial charge in [0.15, 0.2) is 0 Å². The normalized spacial score (nSPS) is 12.6. The van der Waals surface area contributed by atoms with Gasteiger partial charge in [0.2, 0.25) is 0 Å². The van der Waals surface area contributed by atoms with Gasteiger partial charge in [-0.3, -0.25) is 0 Å². The Morgan fingerprint density at radius 2 is 1.95 bits per heavy atom. The SMILES string of the molecule is CCCNC(CCC)c1ccc(-c2cc(C)cc(Br)c2)s1. The average Bonchev–Trinajstić information content (AvgIpc) is 2.92. The highest BCUT2D eigenvalue weighted by Gasteiger charge is 2.13. The fourth-order valence-corrected chi connectivity index (χ4v) is 4.24. The van der Waals surface area contributed by atoms with E-state index in [1.165, 1.54) is 40.1 Å². The molecule has 114 valence electrons. The third-order valence-electron chi connectivity index (χ3n) is 3.51. The maximum absolute atomic E-state index is 3.68. The Balaban J connectivity index is 2.22. The van der Waals surface area contributed by atoms with E-state index in [0.29, 0.717) is 6.04 Å². The Labute approximate surface area is 140 Å². The number of nitrogens with one attached hydrogen (secondary N) is 1. The fourth-order valence-electron chi connectivity index (χ4n) is 2.53. The van der Waals surface area contributed by atoms with Gasteiger partial charge in [-0.05, 0) is 61.7 Å². The second kappa shape index (κ2) is 8.11. The van der Waals surface area contributed by atoms with Crippen molar-refractivity contribution in [2.24, 2.45) is 0 Å². The minimum absolute atomic E-state index is 0.502.